The quantitative estimate of drug-likeness (QED) is 0.699. The first-order chi connectivity index (χ1) is 11.8. The summed E-state index contributed by atoms with van der Waals surface area (Å²) in [7, 11) is 1.66. The number of benzene rings is 2. The Hall–Kier alpha value is -2.66. The van der Waals surface area contributed by atoms with Crippen molar-refractivity contribution in [3.8, 4) is 5.75 Å². The van der Waals surface area contributed by atoms with E-state index in [1.165, 1.54) is 5.56 Å². The summed E-state index contributed by atoms with van der Waals surface area (Å²) in [6, 6.07) is 16.1. The van der Waals surface area contributed by atoms with Crippen LogP contribution in [0.3, 0.4) is 0 Å². The van der Waals surface area contributed by atoms with Gasteiger partial charge in [-0.2, -0.15) is 0 Å². The van der Waals surface area contributed by atoms with Gasteiger partial charge in [0.2, 0.25) is 0 Å². The SMILES string of the molecule is COc1cccc2c(NCc3ccccc3)nc(CCCN)nc12. The highest BCUT2D eigenvalue weighted by atomic mass is 16.5. The summed E-state index contributed by atoms with van der Waals surface area (Å²) in [6.07, 6.45) is 1.61. The number of para-hydroxylation sites is 1. The smallest absolute Gasteiger partial charge is 0.145 e. The highest BCUT2D eigenvalue weighted by Crippen LogP contribution is 2.28. The maximum absolute atomic E-state index is 5.62. The largest absolute Gasteiger partial charge is 0.494 e. The maximum atomic E-state index is 5.62. The van der Waals surface area contributed by atoms with Gasteiger partial charge in [-0.3, -0.25) is 0 Å². The molecule has 5 heteroatoms. The lowest BCUT2D eigenvalue weighted by atomic mass is 10.2. The first-order valence-corrected chi connectivity index (χ1v) is 8.13. The zero-order valence-electron chi connectivity index (χ0n) is 13.8. The van der Waals surface area contributed by atoms with Crippen LogP contribution in [-0.2, 0) is 13.0 Å². The molecule has 0 spiro atoms. The van der Waals surface area contributed by atoms with Crippen molar-refractivity contribution in [3.63, 3.8) is 0 Å². The number of aromatic nitrogens is 2. The van der Waals surface area contributed by atoms with E-state index in [0.29, 0.717) is 13.1 Å². The number of fused-ring (bicyclic) bond motifs is 1. The fourth-order valence-electron chi connectivity index (χ4n) is 2.63. The van der Waals surface area contributed by atoms with Crippen LogP contribution < -0.4 is 15.8 Å². The van der Waals surface area contributed by atoms with Crippen molar-refractivity contribution in [2.45, 2.75) is 19.4 Å². The number of nitrogens with zero attached hydrogens (tertiary/aromatic N) is 2. The second-order valence-corrected chi connectivity index (χ2v) is 5.58. The van der Waals surface area contributed by atoms with Crippen molar-refractivity contribution in [3.05, 3.63) is 59.9 Å². The second-order valence-electron chi connectivity index (χ2n) is 5.58. The average Bonchev–Trinajstić information content (AvgIpc) is 2.64. The van der Waals surface area contributed by atoms with E-state index in [-0.39, 0.29) is 0 Å². The summed E-state index contributed by atoms with van der Waals surface area (Å²) in [5, 5.41) is 4.39. The Labute approximate surface area is 141 Å². The van der Waals surface area contributed by atoms with Crippen LogP contribution in [0.5, 0.6) is 5.75 Å². The molecule has 0 radical (unpaired) electrons. The molecule has 0 atom stereocenters. The highest BCUT2D eigenvalue weighted by molar-refractivity contribution is 5.93. The Morgan fingerprint density at radius 2 is 1.88 bits per heavy atom. The number of nitrogens with one attached hydrogen (secondary N) is 1. The van der Waals surface area contributed by atoms with Crippen LogP contribution in [0.15, 0.2) is 48.5 Å². The summed E-state index contributed by atoms with van der Waals surface area (Å²) in [4.78, 5) is 9.36. The van der Waals surface area contributed by atoms with E-state index in [9.17, 15) is 0 Å². The third kappa shape index (κ3) is 3.63. The number of anilines is 1. The number of hydrogen-bond acceptors (Lipinski definition) is 5. The molecule has 0 unspecified atom stereocenters. The number of rotatable bonds is 7. The van der Waals surface area contributed by atoms with Crippen LogP contribution in [0.2, 0.25) is 0 Å². The van der Waals surface area contributed by atoms with Crippen molar-refractivity contribution in [1.82, 2.24) is 9.97 Å². The van der Waals surface area contributed by atoms with Gasteiger partial charge in [0.15, 0.2) is 0 Å². The van der Waals surface area contributed by atoms with E-state index in [1.54, 1.807) is 7.11 Å². The molecule has 0 amide bonds. The van der Waals surface area contributed by atoms with Crippen LogP contribution in [0, 0.1) is 0 Å². The predicted octanol–water partition coefficient (Wildman–Crippen LogP) is 3.14. The lowest BCUT2D eigenvalue weighted by Gasteiger charge is -2.13. The molecule has 1 aromatic heterocycles. The average molecular weight is 322 g/mol. The fraction of sp³-hybridized carbons (Fsp3) is 0.263. The van der Waals surface area contributed by atoms with Crippen molar-refractivity contribution < 1.29 is 4.74 Å². The Morgan fingerprint density at radius 3 is 2.62 bits per heavy atom. The molecule has 0 bridgehead atoms. The summed E-state index contributed by atoms with van der Waals surface area (Å²) in [6.45, 7) is 1.33. The normalized spacial score (nSPS) is 10.8. The van der Waals surface area contributed by atoms with Gasteiger partial charge in [-0.15, -0.1) is 0 Å². The van der Waals surface area contributed by atoms with Gasteiger partial charge in [-0.25, -0.2) is 9.97 Å². The molecule has 2 aromatic carbocycles. The van der Waals surface area contributed by atoms with Gasteiger partial charge in [0.05, 0.1) is 7.11 Å². The minimum Gasteiger partial charge on any atom is -0.494 e. The summed E-state index contributed by atoms with van der Waals surface area (Å²) < 4.78 is 5.46. The summed E-state index contributed by atoms with van der Waals surface area (Å²) >= 11 is 0. The minimum atomic E-state index is 0.625. The molecule has 3 N–H and O–H groups in total. The topological polar surface area (TPSA) is 73.1 Å². The standard InChI is InChI=1S/C19H22N4O/c1-24-16-10-5-9-15-18(16)22-17(11-6-12-20)23-19(15)21-13-14-7-3-2-4-8-14/h2-5,7-10H,6,11-13,20H2,1H3,(H,21,22,23). The molecule has 0 aliphatic carbocycles. The van der Waals surface area contributed by atoms with Crippen molar-refractivity contribution in [1.29, 1.82) is 0 Å². The molecule has 3 aromatic rings. The van der Waals surface area contributed by atoms with Gasteiger partial charge in [0.25, 0.3) is 0 Å². The zero-order valence-corrected chi connectivity index (χ0v) is 13.8. The van der Waals surface area contributed by atoms with Gasteiger partial charge < -0.3 is 15.8 Å². The lowest BCUT2D eigenvalue weighted by Crippen LogP contribution is -2.08. The molecule has 0 aliphatic rings. The second kappa shape index (κ2) is 7.75. The molecular formula is C19H22N4O. The fourth-order valence-corrected chi connectivity index (χ4v) is 2.63. The Bertz CT molecular complexity index is 805. The third-order valence-corrected chi connectivity index (χ3v) is 3.86. The maximum Gasteiger partial charge on any atom is 0.145 e. The zero-order chi connectivity index (χ0) is 16.8. The molecule has 3 rings (SSSR count). The van der Waals surface area contributed by atoms with E-state index in [2.05, 4.69) is 22.4 Å². The molecule has 1 heterocycles. The molecule has 5 nitrogen and oxygen atoms in total. The number of hydrogen-bond donors (Lipinski definition) is 2. The van der Waals surface area contributed by atoms with Gasteiger partial charge in [-0.1, -0.05) is 36.4 Å². The third-order valence-electron chi connectivity index (χ3n) is 3.86. The summed E-state index contributed by atoms with van der Waals surface area (Å²) in [5.41, 5.74) is 7.66. The number of nitrogens with two attached hydrogens (primary N) is 1. The van der Waals surface area contributed by atoms with Crippen LogP contribution in [0.1, 0.15) is 17.8 Å². The van der Waals surface area contributed by atoms with E-state index >= 15 is 0 Å². The lowest BCUT2D eigenvalue weighted by molar-refractivity contribution is 0.418. The molecule has 24 heavy (non-hydrogen) atoms. The van der Waals surface area contributed by atoms with Crippen LogP contribution in [0.25, 0.3) is 10.9 Å². The van der Waals surface area contributed by atoms with Crippen LogP contribution >= 0.6 is 0 Å². The highest BCUT2D eigenvalue weighted by Gasteiger charge is 2.11. The van der Waals surface area contributed by atoms with Gasteiger partial charge in [0, 0.05) is 18.4 Å². The van der Waals surface area contributed by atoms with Gasteiger partial charge in [-0.05, 0) is 30.7 Å². The molecular weight excluding hydrogens is 300 g/mol. The molecule has 0 saturated heterocycles. The van der Waals surface area contributed by atoms with E-state index in [1.807, 2.05) is 36.4 Å². The Kier molecular flexibility index (Phi) is 5.23. The minimum absolute atomic E-state index is 0.625. The van der Waals surface area contributed by atoms with Crippen LogP contribution in [-0.4, -0.2) is 23.6 Å². The number of aryl methyl sites for hydroxylation is 1. The number of ether oxygens (including phenoxy) is 1. The first kappa shape index (κ1) is 16.2. The van der Waals surface area contributed by atoms with E-state index < -0.39 is 0 Å². The monoisotopic (exact) mass is 322 g/mol. The Balaban J connectivity index is 1.97. The molecule has 0 aliphatic heterocycles. The molecule has 0 saturated carbocycles. The predicted molar refractivity (Wildman–Crippen MR) is 97.2 cm³/mol. The van der Waals surface area contributed by atoms with Crippen molar-refractivity contribution in [2.24, 2.45) is 5.73 Å². The van der Waals surface area contributed by atoms with Crippen LogP contribution in [0.4, 0.5) is 5.82 Å². The van der Waals surface area contributed by atoms with E-state index in [0.717, 1.165) is 41.1 Å². The summed E-state index contributed by atoms with van der Waals surface area (Å²) in [5.74, 6) is 2.37. The van der Waals surface area contributed by atoms with Gasteiger partial charge in [0.1, 0.15) is 22.9 Å². The molecule has 0 fully saturated rings. The molecule has 124 valence electrons. The van der Waals surface area contributed by atoms with Gasteiger partial charge >= 0.3 is 0 Å². The first-order valence-electron chi connectivity index (χ1n) is 8.13. The number of methoxy groups -OCH3 is 1. The van der Waals surface area contributed by atoms with Crippen molar-refractivity contribution >= 4 is 16.7 Å². The Morgan fingerprint density at radius 1 is 1.04 bits per heavy atom. The van der Waals surface area contributed by atoms with E-state index in [4.69, 9.17) is 15.5 Å². The van der Waals surface area contributed by atoms with Crippen molar-refractivity contribution in [2.75, 3.05) is 19.0 Å².